The topological polar surface area (TPSA) is 80.8 Å². The Balaban J connectivity index is 1.75. The molecule has 1 N–H and O–H groups in total. The molecule has 0 saturated heterocycles. The third kappa shape index (κ3) is 4.77. The molecule has 7 nitrogen and oxygen atoms in total. The van der Waals surface area contributed by atoms with Crippen molar-refractivity contribution in [3.8, 4) is 21.8 Å². The van der Waals surface area contributed by atoms with Crippen LogP contribution in [-0.2, 0) is 19.1 Å². The number of nitrogens with zero attached hydrogens (tertiary/aromatic N) is 2. The van der Waals surface area contributed by atoms with Crippen LogP contribution in [0.4, 0.5) is 5.69 Å². The van der Waals surface area contributed by atoms with E-state index in [-0.39, 0.29) is 0 Å². The first kappa shape index (κ1) is 25.2. The van der Waals surface area contributed by atoms with Crippen LogP contribution >= 0.6 is 11.3 Å². The number of carbonyl (C=O) groups excluding carboxylic acids is 2. The van der Waals surface area contributed by atoms with Crippen LogP contribution in [0, 0.1) is 0 Å². The maximum Gasteiger partial charge on any atom is 0.336 e. The molecule has 0 spiro atoms. The zero-order chi connectivity index (χ0) is 26.0. The van der Waals surface area contributed by atoms with Crippen molar-refractivity contribution >= 4 is 29.0 Å². The molecular weight excluding hydrogens is 474 g/mol. The van der Waals surface area contributed by atoms with E-state index in [0.29, 0.717) is 22.5 Å². The van der Waals surface area contributed by atoms with Crippen LogP contribution in [0.3, 0.4) is 0 Å². The third-order valence-corrected chi connectivity index (χ3v) is 7.11. The van der Waals surface area contributed by atoms with E-state index in [1.807, 2.05) is 43.7 Å². The maximum atomic E-state index is 12.8. The van der Waals surface area contributed by atoms with Crippen molar-refractivity contribution in [3.63, 3.8) is 0 Å². The van der Waals surface area contributed by atoms with Gasteiger partial charge in [-0.15, -0.1) is 11.3 Å². The highest BCUT2D eigenvalue weighted by Crippen LogP contribution is 2.40. The quantitative estimate of drug-likeness (QED) is 0.468. The van der Waals surface area contributed by atoms with E-state index in [1.165, 1.54) is 14.2 Å². The van der Waals surface area contributed by atoms with E-state index < -0.39 is 17.9 Å². The van der Waals surface area contributed by atoms with Crippen LogP contribution in [0.5, 0.6) is 0 Å². The predicted molar refractivity (Wildman–Crippen MR) is 143 cm³/mol. The molecule has 0 amide bonds. The Bertz CT molecular complexity index is 1330. The monoisotopic (exact) mass is 503 g/mol. The normalized spacial score (nSPS) is 13.9. The summed E-state index contributed by atoms with van der Waals surface area (Å²) < 4.78 is 10.1. The first-order valence-corrected chi connectivity index (χ1v) is 12.3. The van der Waals surface area contributed by atoms with Crippen LogP contribution in [0.1, 0.15) is 25.3 Å². The molecule has 0 atom stereocenters. The van der Waals surface area contributed by atoms with E-state index in [1.54, 1.807) is 25.2 Å². The average Bonchev–Trinajstić information content (AvgIpc) is 3.38. The van der Waals surface area contributed by atoms with E-state index in [2.05, 4.69) is 34.5 Å². The van der Waals surface area contributed by atoms with Gasteiger partial charge in [-0.05, 0) is 37.6 Å². The molecule has 186 valence electrons. The summed E-state index contributed by atoms with van der Waals surface area (Å²) in [5, 5.41) is 6.01. The second kappa shape index (κ2) is 10.4. The van der Waals surface area contributed by atoms with Gasteiger partial charge in [0, 0.05) is 47.7 Å². The summed E-state index contributed by atoms with van der Waals surface area (Å²) >= 11 is 1.55. The van der Waals surface area contributed by atoms with E-state index in [0.717, 1.165) is 33.1 Å². The number of allylic oxidation sites excluding steroid dienone is 2. The van der Waals surface area contributed by atoms with Crippen molar-refractivity contribution in [2.24, 2.45) is 0 Å². The molecule has 0 radical (unpaired) electrons. The molecule has 1 aromatic heterocycles. The first-order chi connectivity index (χ1) is 17.2. The molecular formula is C28H29N3O4S. The molecule has 2 aromatic carbocycles. The third-order valence-electron chi connectivity index (χ3n) is 6.22. The molecule has 3 aromatic rings. The molecule has 8 heteroatoms. The highest BCUT2D eigenvalue weighted by molar-refractivity contribution is 7.13. The number of esters is 2. The minimum absolute atomic E-state index is 0.376. The van der Waals surface area contributed by atoms with Gasteiger partial charge in [-0.3, -0.25) is 0 Å². The minimum atomic E-state index is -0.635. The van der Waals surface area contributed by atoms with Crippen LogP contribution in [0.15, 0.2) is 76.5 Å². The van der Waals surface area contributed by atoms with E-state index >= 15 is 0 Å². The number of hydrogen-bond acceptors (Lipinski definition) is 8. The van der Waals surface area contributed by atoms with Crippen molar-refractivity contribution < 1.29 is 19.1 Å². The van der Waals surface area contributed by atoms with Gasteiger partial charge in [0.15, 0.2) is 0 Å². The zero-order valence-electron chi connectivity index (χ0n) is 21.2. The molecule has 36 heavy (non-hydrogen) atoms. The first-order valence-electron chi connectivity index (χ1n) is 11.4. The van der Waals surface area contributed by atoms with Crippen molar-refractivity contribution in [2.45, 2.75) is 19.8 Å². The number of nitrogens with one attached hydrogen (secondary N) is 1. The average molecular weight is 504 g/mol. The SMILES string of the molecule is COC(=O)C1=C(C)NC(C)=C(C(=O)OC)C1c1cccc(-c2nc(-c3ccc(N(C)C)cc3)cs2)c1. The van der Waals surface area contributed by atoms with Crippen LogP contribution in [0.25, 0.3) is 21.8 Å². The number of hydrogen-bond donors (Lipinski definition) is 1. The number of dihydropyridines is 1. The van der Waals surface area contributed by atoms with Gasteiger partial charge in [0.1, 0.15) is 5.01 Å². The van der Waals surface area contributed by atoms with Crippen molar-refractivity contribution in [1.29, 1.82) is 0 Å². The lowest BCUT2D eigenvalue weighted by Gasteiger charge is -2.30. The fraction of sp³-hybridized carbons (Fsp3) is 0.250. The van der Waals surface area contributed by atoms with Crippen LogP contribution in [-0.4, -0.2) is 45.2 Å². The Morgan fingerprint density at radius 2 is 1.53 bits per heavy atom. The molecule has 2 heterocycles. The summed E-state index contributed by atoms with van der Waals surface area (Å²) in [5.41, 5.74) is 6.76. The summed E-state index contributed by atoms with van der Waals surface area (Å²) in [7, 11) is 6.69. The van der Waals surface area contributed by atoms with E-state index in [9.17, 15) is 9.59 Å². The molecule has 1 aliphatic heterocycles. The summed E-state index contributed by atoms with van der Waals surface area (Å²) in [6.45, 7) is 3.60. The van der Waals surface area contributed by atoms with Crippen LogP contribution in [0.2, 0.25) is 0 Å². The minimum Gasteiger partial charge on any atom is -0.466 e. The lowest BCUT2D eigenvalue weighted by atomic mass is 9.80. The summed E-state index contributed by atoms with van der Waals surface area (Å²) in [4.78, 5) is 32.5. The predicted octanol–water partition coefficient (Wildman–Crippen LogP) is 5.12. The summed E-state index contributed by atoms with van der Waals surface area (Å²) in [5.74, 6) is -1.63. The number of rotatable bonds is 6. The van der Waals surface area contributed by atoms with Gasteiger partial charge in [0.05, 0.1) is 37.0 Å². The van der Waals surface area contributed by atoms with Gasteiger partial charge in [-0.1, -0.05) is 30.3 Å². The number of aromatic nitrogens is 1. The van der Waals surface area contributed by atoms with Gasteiger partial charge in [-0.2, -0.15) is 0 Å². The molecule has 1 aliphatic rings. The molecule has 0 saturated carbocycles. The molecule has 0 fully saturated rings. The van der Waals surface area contributed by atoms with Crippen molar-refractivity contribution in [3.05, 3.63) is 82.0 Å². The van der Waals surface area contributed by atoms with Gasteiger partial charge in [0.25, 0.3) is 0 Å². The van der Waals surface area contributed by atoms with Gasteiger partial charge in [-0.25, -0.2) is 14.6 Å². The van der Waals surface area contributed by atoms with Gasteiger partial charge >= 0.3 is 11.9 Å². The van der Waals surface area contributed by atoms with E-state index in [4.69, 9.17) is 14.5 Å². The molecule has 0 unspecified atom stereocenters. The highest BCUT2D eigenvalue weighted by Gasteiger charge is 2.37. The van der Waals surface area contributed by atoms with Crippen molar-refractivity contribution in [1.82, 2.24) is 10.3 Å². The Morgan fingerprint density at radius 3 is 2.08 bits per heavy atom. The summed E-state index contributed by atoms with van der Waals surface area (Å²) in [6.07, 6.45) is 0. The lowest BCUT2D eigenvalue weighted by Crippen LogP contribution is -2.32. The number of anilines is 1. The van der Waals surface area contributed by atoms with Gasteiger partial charge in [0.2, 0.25) is 0 Å². The summed E-state index contributed by atoms with van der Waals surface area (Å²) in [6, 6.07) is 16.0. The van der Waals surface area contributed by atoms with Gasteiger partial charge < -0.3 is 19.7 Å². The maximum absolute atomic E-state index is 12.8. The standard InChI is InChI=1S/C28H29N3O4S/c1-16-23(27(32)34-5)25(24(17(2)29-16)28(33)35-6)19-8-7-9-20(14-19)26-30-22(15-36-26)18-10-12-21(13-11-18)31(3)4/h7-15,25,29H,1-6H3. The number of ether oxygens (including phenoxy) is 2. The largest absolute Gasteiger partial charge is 0.466 e. The Morgan fingerprint density at radius 1 is 0.917 bits per heavy atom. The lowest BCUT2D eigenvalue weighted by molar-refractivity contribution is -0.137. The molecule has 0 bridgehead atoms. The second-order valence-electron chi connectivity index (χ2n) is 8.72. The number of methoxy groups -OCH3 is 2. The van der Waals surface area contributed by atoms with Crippen LogP contribution < -0.4 is 10.2 Å². The highest BCUT2D eigenvalue weighted by atomic mass is 32.1. The fourth-order valence-electron chi connectivity index (χ4n) is 4.41. The Labute approximate surface area is 215 Å². The number of thiazole rings is 1. The second-order valence-corrected chi connectivity index (χ2v) is 9.58. The molecule has 0 aliphatic carbocycles. The number of carbonyl (C=O) groups is 2. The molecule has 4 rings (SSSR count). The zero-order valence-corrected chi connectivity index (χ0v) is 22.0. The fourth-order valence-corrected chi connectivity index (χ4v) is 5.24. The Hall–Kier alpha value is -3.91. The Kier molecular flexibility index (Phi) is 7.26. The smallest absolute Gasteiger partial charge is 0.336 e. The number of benzene rings is 2. The van der Waals surface area contributed by atoms with Crippen molar-refractivity contribution in [2.75, 3.05) is 33.2 Å².